The molecule has 1 atom stereocenters. The van der Waals surface area contributed by atoms with Crippen LogP contribution in [0.25, 0.3) is 33.4 Å². The minimum Gasteiger partial charge on any atom is -0.508 e. The summed E-state index contributed by atoms with van der Waals surface area (Å²) in [5.41, 5.74) is -4.34. The molecule has 8 amide bonds. The molecule has 20 heteroatoms. The lowest BCUT2D eigenvalue weighted by Crippen LogP contribution is -2.41. The third-order valence-corrected chi connectivity index (χ3v) is 15.9. The van der Waals surface area contributed by atoms with E-state index in [4.69, 9.17) is 0 Å². The lowest BCUT2D eigenvalue weighted by Gasteiger charge is -2.34. The normalized spacial score (nSPS) is 15.6. The van der Waals surface area contributed by atoms with Crippen LogP contribution in [-0.4, -0.2) is 75.6 Å². The van der Waals surface area contributed by atoms with Crippen LogP contribution in [0, 0.1) is 13.8 Å². The van der Waals surface area contributed by atoms with E-state index in [1.807, 2.05) is 0 Å². The zero-order valence-electron chi connectivity index (χ0n) is 43.6. The van der Waals surface area contributed by atoms with E-state index in [2.05, 4.69) is 0 Å². The molecule has 14 nitrogen and oxygen atoms in total. The van der Waals surface area contributed by atoms with Crippen molar-refractivity contribution in [1.29, 1.82) is 0 Å². The van der Waals surface area contributed by atoms with Gasteiger partial charge in [-0.05, 0) is 167 Å². The van der Waals surface area contributed by atoms with Gasteiger partial charge in [0.15, 0.2) is 0 Å². The van der Waals surface area contributed by atoms with Crippen LogP contribution in [-0.2, 0) is 11.6 Å². The van der Waals surface area contributed by atoms with Gasteiger partial charge in [0, 0.05) is 7.05 Å². The number of carbonyl (C=O) groups is 8. The van der Waals surface area contributed by atoms with Crippen molar-refractivity contribution in [3.05, 3.63) is 218 Å². The van der Waals surface area contributed by atoms with Gasteiger partial charge in [-0.2, -0.15) is 26.3 Å². The van der Waals surface area contributed by atoms with Gasteiger partial charge in [0.1, 0.15) is 16.9 Å². The molecule has 0 aliphatic carbocycles. The number of amides is 8. The fourth-order valence-electron chi connectivity index (χ4n) is 11.2. The molecule has 12 rings (SSSR count). The Hall–Kier alpha value is -10.5. The van der Waals surface area contributed by atoms with E-state index < -0.39 is 87.6 Å². The van der Waals surface area contributed by atoms with Crippen molar-refractivity contribution >= 4 is 64.3 Å². The number of phenols is 2. The van der Waals surface area contributed by atoms with E-state index >= 15 is 26.3 Å². The highest BCUT2D eigenvalue weighted by molar-refractivity contribution is 6.37. The Morgan fingerprint density at radius 1 is 0.361 bits per heavy atom. The molecule has 0 saturated heterocycles. The van der Waals surface area contributed by atoms with Crippen LogP contribution in [0.2, 0.25) is 0 Å². The predicted octanol–water partition coefficient (Wildman–Crippen LogP) is 12.2. The molecule has 8 aromatic carbocycles. The van der Waals surface area contributed by atoms with Crippen LogP contribution in [0.4, 0.5) is 43.4 Å². The largest absolute Gasteiger partial charge is 0.508 e. The van der Waals surface area contributed by atoms with Crippen molar-refractivity contribution < 1.29 is 74.9 Å². The molecule has 4 aliphatic heterocycles. The number of phenolic OH excluding ortho intramolecular Hbond substituents is 2. The van der Waals surface area contributed by atoms with Gasteiger partial charge in [-0.15, -0.1) is 0 Å². The number of aromatic hydroxyl groups is 2. The molecule has 0 bridgehead atoms. The molecule has 0 aromatic heterocycles. The maximum Gasteiger partial charge on any atom is 0.417 e. The predicted molar refractivity (Wildman–Crippen MR) is 289 cm³/mol. The zero-order chi connectivity index (χ0) is 59.3. The van der Waals surface area contributed by atoms with E-state index in [1.165, 1.54) is 112 Å². The summed E-state index contributed by atoms with van der Waals surface area (Å²) in [6, 6.07) is 30.2. The summed E-state index contributed by atoms with van der Waals surface area (Å²) in [5.74, 6) is -7.18. The summed E-state index contributed by atoms with van der Waals surface area (Å²) in [7, 11) is 1.34. The molecule has 1 unspecified atom stereocenters. The maximum absolute atomic E-state index is 15.1. The van der Waals surface area contributed by atoms with Gasteiger partial charge in [0.25, 0.3) is 47.3 Å². The van der Waals surface area contributed by atoms with Crippen molar-refractivity contribution in [1.82, 2.24) is 4.90 Å². The highest BCUT2D eigenvalue weighted by Crippen LogP contribution is 2.50. The Labute approximate surface area is 465 Å². The number of hydrogen-bond acceptors (Lipinski definition) is 10. The van der Waals surface area contributed by atoms with E-state index in [9.17, 15) is 48.6 Å². The first-order valence-corrected chi connectivity index (χ1v) is 25.3. The summed E-state index contributed by atoms with van der Waals surface area (Å²) in [6.45, 7) is 3.79. The molecule has 0 saturated carbocycles. The second-order valence-electron chi connectivity index (χ2n) is 20.6. The Balaban J connectivity index is 0.795. The van der Waals surface area contributed by atoms with Crippen LogP contribution >= 0.6 is 0 Å². The molecule has 2 N–H and O–H groups in total. The quantitative estimate of drug-likeness (QED) is 0.109. The number of carbonyl (C=O) groups excluding carboxylic acids is 8. The van der Waals surface area contributed by atoms with Gasteiger partial charge in [-0.25, -0.2) is 14.7 Å². The molecule has 0 spiro atoms. The topological polar surface area (TPSA) is 190 Å². The van der Waals surface area contributed by atoms with Crippen LogP contribution in [0.5, 0.6) is 11.5 Å². The molecular formula is C63H38F6N4O10. The van der Waals surface area contributed by atoms with E-state index in [-0.39, 0.29) is 95.0 Å². The van der Waals surface area contributed by atoms with Crippen molar-refractivity contribution in [2.75, 3.05) is 21.7 Å². The number of aryl methyl sites for hydroxylation is 2. The Morgan fingerprint density at radius 3 is 1.19 bits per heavy atom. The second-order valence-corrected chi connectivity index (χ2v) is 20.6. The number of nitrogens with zero attached hydrogens (tertiary/aromatic N) is 4. The monoisotopic (exact) mass is 1120 g/mol. The minimum atomic E-state index is -5.03. The lowest BCUT2D eigenvalue weighted by atomic mass is 9.75. The third-order valence-electron chi connectivity index (χ3n) is 15.9. The number of hydrogen-bond donors (Lipinski definition) is 2. The second kappa shape index (κ2) is 18.3. The fraction of sp³-hybridized carbons (Fsp3) is 0.111. The molecular weight excluding hydrogens is 1090 g/mol. The summed E-state index contributed by atoms with van der Waals surface area (Å²) >= 11 is 0. The number of fused-ring (bicyclic) bond motifs is 4. The van der Waals surface area contributed by atoms with Gasteiger partial charge in [-0.3, -0.25) is 43.3 Å². The van der Waals surface area contributed by atoms with Crippen molar-refractivity contribution in [3.8, 4) is 44.9 Å². The van der Waals surface area contributed by atoms with Crippen LogP contribution < -0.4 is 14.7 Å². The molecule has 8 aromatic rings. The molecule has 4 aliphatic rings. The summed E-state index contributed by atoms with van der Waals surface area (Å²) in [4.78, 5) is 112. The molecule has 0 radical (unpaired) electrons. The van der Waals surface area contributed by atoms with Crippen LogP contribution in [0.1, 0.15) is 118 Å². The molecule has 4 heterocycles. The smallest absolute Gasteiger partial charge is 0.417 e. The molecule has 0 fully saturated rings. The highest BCUT2D eigenvalue weighted by atomic mass is 19.4. The summed E-state index contributed by atoms with van der Waals surface area (Å²) in [5, 5.41) is 21.0. The average Bonchev–Trinajstić information content (AvgIpc) is 2.72. The van der Waals surface area contributed by atoms with Crippen LogP contribution in [0.15, 0.2) is 146 Å². The number of benzene rings is 8. The van der Waals surface area contributed by atoms with Gasteiger partial charge in [0.05, 0.1) is 67.1 Å². The minimum absolute atomic E-state index is 0.00432. The van der Waals surface area contributed by atoms with Gasteiger partial charge in [0.2, 0.25) is 0 Å². The number of anilines is 3. The van der Waals surface area contributed by atoms with Crippen molar-refractivity contribution in [2.45, 2.75) is 38.5 Å². The summed E-state index contributed by atoms with van der Waals surface area (Å²) in [6.07, 6.45) is -9.98. The average molecular weight is 1130 g/mol. The van der Waals surface area contributed by atoms with Gasteiger partial charge < -0.3 is 10.2 Å². The molecule has 412 valence electrons. The first kappa shape index (κ1) is 53.2. The van der Waals surface area contributed by atoms with Crippen LogP contribution in [0.3, 0.4) is 0 Å². The first-order chi connectivity index (χ1) is 39.2. The number of rotatable bonds is 8. The van der Waals surface area contributed by atoms with E-state index in [1.54, 1.807) is 6.07 Å². The highest BCUT2D eigenvalue weighted by Gasteiger charge is 2.54. The SMILES string of the molecule is Cc1cc(C(C)(c2ccc(O)c(N3C(=O)c4ccc(-c5ccc6c(c5)C(=O)N(c5ccc(-c7ccc(N8C(=O)c9ccc(-c%10ccc%11c(c%10)C(=O)N(C)C%11=O)cc9C8=O)cc7C(F)(F)F)c(C)c5)C6=O)cc4C3=O)c2)C(F)(F)F)ccc1O. The van der Waals surface area contributed by atoms with Gasteiger partial charge >= 0.3 is 12.4 Å². The first-order valence-electron chi connectivity index (χ1n) is 25.3. The Morgan fingerprint density at radius 2 is 0.735 bits per heavy atom. The van der Waals surface area contributed by atoms with Crippen molar-refractivity contribution in [2.24, 2.45) is 0 Å². The Kier molecular flexibility index (Phi) is 11.7. The number of alkyl halides is 6. The lowest BCUT2D eigenvalue weighted by molar-refractivity contribution is -0.173. The standard InChI is InChI=1S/C63H38F6N4O10/c1-29-22-37(11-17-39(29)40-18-12-38(28-49(40)62(64,65)66)72-56(79)43-15-6-32(24-47(43)59(72)82)31-5-13-41-45(23-31)54(77)70(4)53(41)76)71-55(78)42-14-7-33(25-46(42)58(71)81)34-8-16-44-48(26-34)60(83)73(57(44)80)50-27-36(10-20-52(50)75)61(3,63(67,68)69)35-9-19-51(74)30(2)21-35/h5-28,74-75H,1-4H3. The van der Waals surface area contributed by atoms with Gasteiger partial charge in [-0.1, -0.05) is 54.6 Å². The van der Waals surface area contributed by atoms with E-state index in [0.29, 0.717) is 32.6 Å². The van der Waals surface area contributed by atoms with Crippen molar-refractivity contribution in [3.63, 3.8) is 0 Å². The third kappa shape index (κ3) is 7.94. The Bertz CT molecular complexity index is 4380. The number of imide groups is 4. The zero-order valence-corrected chi connectivity index (χ0v) is 43.6. The fourth-order valence-corrected chi connectivity index (χ4v) is 11.2. The maximum atomic E-state index is 15.1. The molecule has 83 heavy (non-hydrogen) atoms. The summed E-state index contributed by atoms with van der Waals surface area (Å²) < 4.78 is 90.4. The number of halogens is 6. The van der Waals surface area contributed by atoms with E-state index in [0.717, 1.165) is 59.2 Å².